The molecule has 3 rings (SSSR count). The normalized spacial score (nSPS) is 15.7. The summed E-state index contributed by atoms with van der Waals surface area (Å²) in [5.74, 6) is -0.477. The molecule has 2 aromatic carbocycles. The van der Waals surface area contributed by atoms with Crippen molar-refractivity contribution in [1.82, 2.24) is 4.90 Å². The Morgan fingerprint density at radius 1 is 1.10 bits per heavy atom. The monoisotopic (exact) mass is 393 g/mol. The topological polar surface area (TPSA) is 78.5 Å². The molecule has 0 spiro atoms. The van der Waals surface area contributed by atoms with Gasteiger partial charge in [-0.25, -0.2) is 0 Å². The van der Waals surface area contributed by atoms with Crippen LogP contribution in [-0.4, -0.2) is 43.1 Å². The van der Waals surface area contributed by atoms with Crippen molar-refractivity contribution in [2.75, 3.05) is 31.3 Å². The molecule has 2 aromatic rings. The van der Waals surface area contributed by atoms with Gasteiger partial charge in [0.05, 0.1) is 5.92 Å². The van der Waals surface area contributed by atoms with E-state index in [2.05, 4.69) is 10.6 Å². The molecule has 1 unspecified atom stereocenters. The lowest BCUT2D eigenvalue weighted by Crippen LogP contribution is -2.27. The second-order valence-electron chi connectivity index (χ2n) is 7.72. The molecule has 0 saturated heterocycles. The summed E-state index contributed by atoms with van der Waals surface area (Å²) in [7, 11) is 3.84. The number of hydrogen-bond acceptors (Lipinski definition) is 4. The van der Waals surface area contributed by atoms with Gasteiger partial charge in [0.25, 0.3) is 0 Å². The van der Waals surface area contributed by atoms with Crippen molar-refractivity contribution in [3.05, 3.63) is 59.2 Å². The second-order valence-corrected chi connectivity index (χ2v) is 7.72. The van der Waals surface area contributed by atoms with Crippen LogP contribution in [0.5, 0.6) is 0 Å². The zero-order valence-corrected chi connectivity index (χ0v) is 17.1. The van der Waals surface area contributed by atoms with Gasteiger partial charge < -0.3 is 15.5 Å². The third-order valence-electron chi connectivity index (χ3n) is 5.18. The molecule has 2 N–H and O–H groups in total. The fourth-order valence-electron chi connectivity index (χ4n) is 3.49. The number of hydrogen-bond donors (Lipinski definition) is 2. The summed E-state index contributed by atoms with van der Waals surface area (Å²) in [6.45, 7) is 2.58. The number of anilines is 2. The summed E-state index contributed by atoms with van der Waals surface area (Å²) in [6, 6.07) is 12.8. The molecule has 0 radical (unpaired) electrons. The van der Waals surface area contributed by atoms with Crippen LogP contribution in [0.2, 0.25) is 0 Å². The number of nitrogens with zero attached hydrogens (tertiary/aromatic N) is 1. The molecular weight excluding hydrogens is 366 g/mol. The van der Waals surface area contributed by atoms with Crippen molar-refractivity contribution < 1.29 is 14.4 Å². The van der Waals surface area contributed by atoms with E-state index >= 15 is 0 Å². The molecule has 0 aromatic heterocycles. The molecule has 1 aliphatic rings. The third kappa shape index (κ3) is 5.09. The molecule has 0 saturated carbocycles. The highest BCUT2D eigenvalue weighted by Gasteiger charge is 2.30. The number of ketones is 1. The summed E-state index contributed by atoms with van der Waals surface area (Å²) in [6.07, 6.45) is 1.27. The first kappa shape index (κ1) is 20.7. The Labute approximate surface area is 171 Å². The number of amides is 2. The van der Waals surface area contributed by atoms with E-state index in [9.17, 15) is 14.4 Å². The smallest absolute Gasteiger partial charge is 0.231 e. The van der Waals surface area contributed by atoms with Gasteiger partial charge in [0, 0.05) is 36.3 Å². The van der Waals surface area contributed by atoms with Crippen molar-refractivity contribution in [1.29, 1.82) is 0 Å². The molecule has 6 nitrogen and oxygen atoms in total. The zero-order chi connectivity index (χ0) is 21.0. The second kappa shape index (κ2) is 9.01. The lowest BCUT2D eigenvalue weighted by Gasteiger charge is -2.24. The van der Waals surface area contributed by atoms with E-state index < -0.39 is 0 Å². The molecular formula is C23H27N3O3. The fourth-order valence-corrected chi connectivity index (χ4v) is 3.49. The predicted molar refractivity (Wildman–Crippen MR) is 114 cm³/mol. The third-order valence-corrected chi connectivity index (χ3v) is 5.18. The molecule has 6 heteroatoms. The summed E-state index contributed by atoms with van der Waals surface area (Å²) >= 11 is 0. The minimum atomic E-state index is -0.358. The van der Waals surface area contributed by atoms with Crippen LogP contribution in [0.15, 0.2) is 42.5 Å². The van der Waals surface area contributed by atoms with Crippen LogP contribution in [-0.2, 0) is 9.59 Å². The van der Waals surface area contributed by atoms with Crippen LogP contribution >= 0.6 is 0 Å². The van der Waals surface area contributed by atoms with Gasteiger partial charge in [-0.15, -0.1) is 0 Å². The number of carbonyl (C=O) groups is 3. The minimum Gasteiger partial charge on any atom is -0.326 e. The van der Waals surface area contributed by atoms with E-state index in [4.69, 9.17) is 0 Å². The van der Waals surface area contributed by atoms with E-state index in [1.807, 2.05) is 56.3 Å². The average molecular weight is 393 g/mol. The molecule has 0 bridgehead atoms. The highest BCUT2D eigenvalue weighted by molar-refractivity contribution is 6.04. The first-order chi connectivity index (χ1) is 13.8. The predicted octanol–water partition coefficient (Wildman–Crippen LogP) is 3.58. The number of Topliss-reactive ketones (excluding diaryl/α,β-unsaturated/α-hetero) is 1. The summed E-state index contributed by atoms with van der Waals surface area (Å²) in [4.78, 5) is 39.1. The van der Waals surface area contributed by atoms with Crippen LogP contribution < -0.4 is 10.6 Å². The van der Waals surface area contributed by atoms with Gasteiger partial charge in [0.15, 0.2) is 5.78 Å². The van der Waals surface area contributed by atoms with Crippen LogP contribution in [0.4, 0.5) is 11.4 Å². The Balaban J connectivity index is 1.72. The Bertz CT molecular complexity index is 937. The van der Waals surface area contributed by atoms with Crippen LogP contribution in [0.3, 0.4) is 0 Å². The maximum Gasteiger partial charge on any atom is 0.231 e. The molecule has 2 amide bonds. The van der Waals surface area contributed by atoms with E-state index in [1.165, 1.54) is 0 Å². The maximum absolute atomic E-state index is 12.9. The average Bonchev–Trinajstić information content (AvgIpc) is 2.69. The number of nitrogens with one attached hydrogen (secondary N) is 2. The molecule has 1 atom stereocenters. The highest BCUT2D eigenvalue weighted by atomic mass is 16.2. The van der Waals surface area contributed by atoms with E-state index in [-0.39, 0.29) is 23.5 Å². The van der Waals surface area contributed by atoms with Crippen LogP contribution in [0.25, 0.3) is 0 Å². The molecule has 152 valence electrons. The first-order valence-corrected chi connectivity index (χ1v) is 9.83. The zero-order valence-electron chi connectivity index (χ0n) is 17.1. The van der Waals surface area contributed by atoms with Crippen molar-refractivity contribution in [3.63, 3.8) is 0 Å². The number of rotatable bonds is 6. The first-order valence-electron chi connectivity index (χ1n) is 9.83. The fraction of sp³-hybridized carbons (Fsp3) is 0.348. The molecule has 0 heterocycles. The summed E-state index contributed by atoms with van der Waals surface area (Å²) < 4.78 is 0. The Morgan fingerprint density at radius 3 is 2.62 bits per heavy atom. The Morgan fingerprint density at radius 2 is 1.86 bits per heavy atom. The van der Waals surface area contributed by atoms with E-state index in [0.717, 1.165) is 11.1 Å². The Hall–Kier alpha value is -2.99. The van der Waals surface area contributed by atoms with Crippen molar-refractivity contribution in [2.45, 2.75) is 32.1 Å². The van der Waals surface area contributed by atoms with Gasteiger partial charge in [0.2, 0.25) is 11.8 Å². The van der Waals surface area contributed by atoms with Crippen molar-refractivity contribution in [3.8, 4) is 0 Å². The molecule has 29 heavy (non-hydrogen) atoms. The van der Waals surface area contributed by atoms with Gasteiger partial charge in [-0.2, -0.15) is 0 Å². The largest absolute Gasteiger partial charge is 0.326 e. The summed E-state index contributed by atoms with van der Waals surface area (Å²) in [5, 5.41) is 5.87. The number of benzene rings is 2. The van der Waals surface area contributed by atoms with Crippen LogP contribution in [0, 0.1) is 6.92 Å². The molecule has 0 fully saturated rings. The highest BCUT2D eigenvalue weighted by Crippen LogP contribution is 2.32. The van der Waals surface area contributed by atoms with Crippen molar-refractivity contribution >= 4 is 29.0 Å². The van der Waals surface area contributed by atoms with Gasteiger partial charge in [-0.05, 0) is 50.7 Å². The van der Waals surface area contributed by atoms with Gasteiger partial charge in [0.1, 0.15) is 0 Å². The van der Waals surface area contributed by atoms with E-state index in [0.29, 0.717) is 42.7 Å². The van der Waals surface area contributed by atoms with Gasteiger partial charge >= 0.3 is 0 Å². The SMILES string of the molecule is Cc1ccc(NC(=O)C2CCC(=O)c3ccccc32)cc1NC(=O)CCN(C)C. The lowest BCUT2D eigenvalue weighted by molar-refractivity contribution is -0.118. The van der Waals surface area contributed by atoms with Crippen LogP contribution in [0.1, 0.15) is 46.7 Å². The maximum atomic E-state index is 12.9. The Kier molecular flexibility index (Phi) is 6.44. The summed E-state index contributed by atoms with van der Waals surface area (Å²) in [5.41, 5.74) is 3.65. The van der Waals surface area contributed by atoms with Gasteiger partial charge in [-0.1, -0.05) is 30.3 Å². The molecule has 0 aliphatic heterocycles. The minimum absolute atomic E-state index is 0.0648. The van der Waals surface area contributed by atoms with Gasteiger partial charge in [-0.3, -0.25) is 14.4 Å². The lowest BCUT2D eigenvalue weighted by atomic mass is 9.81. The standard InChI is InChI=1S/C23H27N3O3/c1-15-8-9-16(14-20(15)25-22(28)12-13-26(2)3)24-23(29)19-10-11-21(27)18-7-5-4-6-17(18)19/h4-9,14,19H,10-13H2,1-3H3,(H,24,29)(H,25,28). The molecule has 1 aliphatic carbocycles. The van der Waals surface area contributed by atoms with E-state index in [1.54, 1.807) is 12.1 Å². The quantitative estimate of drug-likeness (QED) is 0.786. The number of aryl methyl sites for hydroxylation is 1. The number of carbonyl (C=O) groups excluding carboxylic acids is 3. The van der Waals surface area contributed by atoms with Crippen molar-refractivity contribution in [2.24, 2.45) is 0 Å². The number of fused-ring (bicyclic) bond motifs is 1.